The Labute approximate surface area is 149 Å². The van der Waals surface area contributed by atoms with Crippen LogP contribution in [-0.4, -0.2) is 56.0 Å². The molecule has 8 nitrogen and oxygen atoms in total. The maximum Gasteiger partial charge on any atom is 0.311 e. The molecule has 8 heteroatoms. The number of nitroso groups, excluding NO2 is 1. The van der Waals surface area contributed by atoms with Crippen molar-refractivity contribution in [3.63, 3.8) is 0 Å². The lowest BCUT2D eigenvalue weighted by molar-refractivity contribution is -0.129. The minimum absolute atomic E-state index is 0.217. The number of nitrogens with one attached hydrogen (secondary N) is 1. The van der Waals surface area contributed by atoms with Crippen LogP contribution in [0.2, 0.25) is 0 Å². The Morgan fingerprint density at radius 3 is 2.16 bits per heavy atom. The van der Waals surface area contributed by atoms with Gasteiger partial charge in [-0.3, -0.25) is 9.59 Å². The van der Waals surface area contributed by atoms with Crippen molar-refractivity contribution in [1.82, 2.24) is 5.32 Å². The molecule has 0 atom stereocenters. The van der Waals surface area contributed by atoms with Crippen LogP contribution in [0.25, 0.3) is 0 Å². The molecule has 0 fully saturated rings. The van der Waals surface area contributed by atoms with Crippen molar-refractivity contribution in [2.75, 3.05) is 33.0 Å². The van der Waals surface area contributed by atoms with E-state index in [4.69, 9.17) is 14.2 Å². The van der Waals surface area contributed by atoms with Gasteiger partial charge in [-0.15, -0.1) is 4.91 Å². The van der Waals surface area contributed by atoms with Gasteiger partial charge in [0, 0.05) is 18.3 Å². The zero-order valence-corrected chi connectivity index (χ0v) is 16.1. The highest BCUT2D eigenvalue weighted by atomic mass is 16.5. The van der Waals surface area contributed by atoms with Crippen molar-refractivity contribution in [2.45, 2.75) is 65.1 Å². The van der Waals surface area contributed by atoms with Crippen LogP contribution >= 0.6 is 0 Å². The molecule has 0 spiro atoms. The molecule has 0 unspecified atom stereocenters. The Kier molecular flexibility index (Phi) is 11.4. The van der Waals surface area contributed by atoms with Gasteiger partial charge < -0.3 is 19.5 Å². The smallest absolute Gasteiger partial charge is 0.311 e. The van der Waals surface area contributed by atoms with E-state index in [9.17, 15) is 14.5 Å². The van der Waals surface area contributed by atoms with Gasteiger partial charge in [0.15, 0.2) is 0 Å². The van der Waals surface area contributed by atoms with E-state index < -0.39 is 12.5 Å². The number of carbonyl (C=O) groups excluding carboxylic acids is 2. The Bertz CT molecular complexity index is 423. The summed E-state index contributed by atoms with van der Waals surface area (Å²) in [5, 5.41) is 4.85. The second kappa shape index (κ2) is 12.1. The monoisotopic (exact) mass is 360 g/mol. The Hall–Kier alpha value is -1.38. The van der Waals surface area contributed by atoms with Crippen LogP contribution in [0.4, 0.5) is 0 Å². The predicted molar refractivity (Wildman–Crippen MR) is 94.2 cm³/mol. The largest absolute Gasteiger partial charge is 0.375 e. The van der Waals surface area contributed by atoms with Crippen LogP contribution in [0.1, 0.15) is 53.9 Å². The summed E-state index contributed by atoms with van der Waals surface area (Å²) in [6.07, 6.45) is 2.40. The van der Waals surface area contributed by atoms with Crippen LogP contribution in [0.3, 0.4) is 0 Å². The van der Waals surface area contributed by atoms with Gasteiger partial charge >= 0.3 is 5.91 Å². The summed E-state index contributed by atoms with van der Waals surface area (Å²) in [4.78, 5) is 32.0. The molecule has 0 rings (SSSR count). The van der Waals surface area contributed by atoms with E-state index >= 15 is 0 Å². The van der Waals surface area contributed by atoms with Crippen molar-refractivity contribution in [2.24, 2.45) is 5.18 Å². The van der Waals surface area contributed by atoms with Gasteiger partial charge in [0.1, 0.15) is 13.2 Å². The molecule has 0 aromatic carbocycles. The average molecular weight is 360 g/mol. The number of amides is 2. The fraction of sp³-hybridized carbons (Fsp3) is 0.882. The van der Waals surface area contributed by atoms with Crippen molar-refractivity contribution in [1.29, 1.82) is 0 Å². The second-order valence-electron chi connectivity index (χ2n) is 7.04. The molecular weight excluding hydrogens is 328 g/mol. The highest BCUT2D eigenvalue weighted by molar-refractivity contribution is 5.79. The van der Waals surface area contributed by atoms with Crippen LogP contribution < -0.4 is 5.32 Å². The Balaban J connectivity index is 3.90. The first kappa shape index (κ1) is 23.6. The fourth-order valence-electron chi connectivity index (χ4n) is 1.91. The molecule has 0 saturated carbocycles. The summed E-state index contributed by atoms with van der Waals surface area (Å²) >= 11 is 0. The fourth-order valence-corrected chi connectivity index (χ4v) is 1.91. The van der Waals surface area contributed by atoms with Gasteiger partial charge in [0.05, 0.1) is 17.8 Å². The third-order valence-electron chi connectivity index (χ3n) is 3.50. The second-order valence-corrected chi connectivity index (χ2v) is 7.04. The molecule has 1 N–H and O–H groups in total. The summed E-state index contributed by atoms with van der Waals surface area (Å²) in [7, 11) is 0. The maximum absolute atomic E-state index is 11.5. The molecule has 0 heterocycles. The SMILES string of the molecule is CCCOC(C)(C)CCOC(C)(C)CCNC(=O)COCC(=O)N=O. The first-order valence-corrected chi connectivity index (χ1v) is 8.60. The van der Waals surface area contributed by atoms with Gasteiger partial charge in [-0.2, -0.15) is 0 Å². The lowest BCUT2D eigenvalue weighted by Crippen LogP contribution is -2.36. The summed E-state index contributed by atoms with van der Waals surface area (Å²) in [5.41, 5.74) is -0.599. The van der Waals surface area contributed by atoms with Gasteiger partial charge in [-0.1, -0.05) is 6.92 Å². The first-order valence-electron chi connectivity index (χ1n) is 8.60. The standard InChI is InChI=1S/C17H32N2O6/c1-6-10-24-17(4,5)8-11-25-16(2,3)7-9-18-14(20)12-23-13-15(21)19-22/h6-13H2,1-5H3,(H,18,20). The first-order chi connectivity index (χ1) is 11.6. The van der Waals surface area contributed by atoms with Gasteiger partial charge in [0.25, 0.3) is 0 Å². The molecule has 0 aliphatic carbocycles. The Morgan fingerprint density at radius 1 is 0.960 bits per heavy atom. The van der Waals surface area contributed by atoms with Crippen LogP contribution in [0.15, 0.2) is 5.18 Å². The van der Waals surface area contributed by atoms with E-state index in [2.05, 4.69) is 17.4 Å². The van der Waals surface area contributed by atoms with Crippen LogP contribution in [0, 0.1) is 4.91 Å². The van der Waals surface area contributed by atoms with E-state index in [0.717, 1.165) is 19.4 Å². The minimum Gasteiger partial charge on any atom is -0.375 e. The van der Waals surface area contributed by atoms with Crippen molar-refractivity contribution in [3.05, 3.63) is 4.91 Å². The van der Waals surface area contributed by atoms with E-state index in [1.165, 1.54) is 0 Å². The molecule has 0 radical (unpaired) electrons. The quantitative estimate of drug-likeness (QED) is 0.476. The number of rotatable bonds is 14. The van der Waals surface area contributed by atoms with E-state index in [1.807, 2.05) is 27.7 Å². The minimum atomic E-state index is -0.937. The van der Waals surface area contributed by atoms with E-state index in [1.54, 1.807) is 0 Å². The summed E-state index contributed by atoms with van der Waals surface area (Å²) in [6.45, 7) is 11.0. The lowest BCUT2D eigenvalue weighted by atomic mass is 10.0. The molecular formula is C17H32N2O6. The molecule has 0 aliphatic rings. The molecule has 0 saturated heterocycles. The molecule has 25 heavy (non-hydrogen) atoms. The summed E-state index contributed by atoms with van der Waals surface area (Å²) in [5.74, 6) is -1.29. The van der Waals surface area contributed by atoms with Crippen molar-refractivity contribution in [3.8, 4) is 0 Å². The van der Waals surface area contributed by atoms with Gasteiger partial charge in [-0.05, 0) is 47.0 Å². The molecule has 0 bridgehead atoms. The van der Waals surface area contributed by atoms with Crippen LogP contribution in [-0.2, 0) is 23.8 Å². The third kappa shape index (κ3) is 13.6. The number of ether oxygens (including phenoxy) is 3. The highest BCUT2D eigenvalue weighted by Crippen LogP contribution is 2.19. The lowest BCUT2D eigenvalue weighted by Gasteiger charge is -2.29. The normalized spacial score (nSPS) is 12.0. The Morgan fingerprint density at radius 2 is 1.56 bits per heavy atom. The van der Waals surface area contributed by atoms with Gasteiger partial charge in [0.2, 0.25) is 5.91 Å². The number of nitrogens with zero attached hydrogens (tertiary/aromatic N) is 1. The zero-order valence-electron chi connectivity index (χ0n) is 16.1. The molecule has 0 aromatic rings. The summed E-state index contributed by atoms with van der Waals surface area (Å²) in [6, 6.07) is 0. The summed E-state index contributed by atoms with van der Waals surface area (Å²) < 4.78 is 16.4. The topological polar surface area (TPSA) is 103 Å². The van der Waals surface area contributed by atoms with Crippen molar-refractivity contribution < 1.29 is 23.8 Å². The van der Waals surface area contributed by atoms with Crippen molar-refractivity contribution >= 4 is 11.8 Å². The predicted octanol–water partition coefficient (Wildman–Crippen LogP) is 2.19. The third-order valence-corrected chi connectivity index (χ3v) is 3.50. The molecule has 0 aromatic heterocycles. The maximum atomic E-state index is 11.5. The number of hydrogen-bond acceptors (Lipinski definition) is 6. The zero-order chi connectivity index (χ0) is 19.3. The van der Waals surface area contributed by atoms with E-state index in [0.29, 0.717) is 19.6 Å². The van der Waals surface area contributed by atoms with E-state index in [-0.39, 0.29) is 23.7 Å². The molecule has 2 amide bonds. The average Bonchev–Trinajstić information content (AvgIpc) is 2.52. The highest BCUT2D eigenvalue weighted by Gasteiger charge is 2.22. The molecule has 0 aliphatic heterocycles. The number of hydrogen-bond donors (Lipinski definition) is 1. The van der Waals surface area contributed by atoms with Gasteiger partial charge in [-0.25, -0.2) is 0 Å². The van der Waals surface area contributed by atoms with Crippen LogP contribution in [0.5, 0.6) is 0 Å². The molecule has 146 valence electrons. The number of carbonyl (C=O) groups is 2.